The standard InChI is InChI=1S/C23H29N3O2/c1-2-26(21-6-4-3-5-7-21)23(28)16-18-8-11-20(12-9-18)25-22(27)13-10-19-14-15-24-17-19/h3-9,11-12,19,24H,2,10,13-17H2,1H3,(H,25,27). The van der Waals surface area contributed by atoms with Gasteiger partial charge in [-0.25, -0.2) is 0 Å². The molecule has 2 N–H and O–H groups in total. The van der Waals surface area contributed by atoms with Gasteiger partial charge in [-0.05, 0) is 68.6 Å². The molecule has 5 nitrogen and oxygen atoms in total. The second kappa shape index (κ2) is 10.0. The molecule has 2 aromatic rings. The molecule has 0 radical (unpaired) electrons. The number of nitrogens with one attached hydrogen (secondary N) is 2. The maximum absolute atomic E-state index is 12.7. The van der Waals surface area contributed by atoms with Crippen LogP contribution >= 0.6 is 0 Å². The molecule has 2 aromatic carbocycles. The van der Waals surface area contributed by atoms with Gasteiger partial charge < -0.3 is 15.5 Å². The van der Waals surface area contributed by atoms with E-state index in [4.69, 9.17) is 0 Å². The summed E-state index contributed by atoms with van der Waals surface area (Å²) >= 11 is 0. The van der Waals surface area contributed by atoms with Gasteiger partial charge in [-0.1, -0.05) is 30.3 Å². The molecule has 1 aliphatic heterocycles. The number of carbonyl (C=O) groups is 2. The minimum Gasteiger partial charge on any atom is -0.326 e. The molecule has 1 heterocycles. The van der Waals surface area contributed by atoms with Crippen LogP contribution in [0.2, 0.25) is 0 Å². The molecule has 1 unspecified atom stereocenters. The highest BCUT2D eigenvalue weighted by molar-refractivity contribution is 5.95. The van der Waals surface area contributed by atoms with E-state index in [1.165, 1.54) is 0 Å². The second-order valence-corrected chi connectivity index (χ2v) is 7.29. The highest BCUT2D eigenvalue weighted by Gasteiger charge is 2.16. The number of rotatable bonds is 8. The monoisotopic (exact) mass is 379 g/mol. The summed E-state index contributed by atoms with van der Waals surface area (Å²) in [6.07, 6.45) is 2.98. The molecule has 1 fully saturated rings. The Kier molecular flexibility index (Phi) is 7.20. The summed E-state index contributed by atoms with van der Waals surface area (Å²) in [5.41, 5.74) is 2.63. The van der Waals surface area contributed by atoms with E-state index in [1.54, 1.807) is 4.90 Å². The Balaban J connectivity index is 1.50. The Morgan fingerprint density at radius 3 is 2.50 bits per heavy atom. The van der Waals surface area contributed by atoms with Crippen molar-refractivity contribution in [2.75, 3.05) is 29.9 Å². The number of carbonyl (C=O) groups excluding carboxylic acids is 2. The first-order valence-corrected chi connectivity index (χ1v) is 10.1. The van der Waals surface area contributed by atoms with Gasteiger partial charge in [0.05, 0.1) is 6.42 Å². The van der Waals surface area contributed by atoms with Gasteiger partial charge >= 0.3 is 0 Å². The van der Waals surface area contributed by atoms with Crippen molar-refractivity contribution < 1.29 is 9.59 Å². The van der Waals surface area contributed by atoms with Gasteiger partial charge in [0.1, 0.15) is 0 Å². The maximum atomic E-state index is 12.7. The predicted octanol–water partition coefficient (Wildman–Crippen LogP) is 3.61. The number of nitrogens with zero attached hydrogens (tertiary/aromatic N) is 1. The summed E-state index contributed by atoms with van der Waals surface area (Å²) in [6, 6.07) is 17.3. The van der Waals surface area contributed by atoms with Crippen LogP contribution < -0.4 is 15.5 Å². The number of hydrogen-bond donors (Lipinski definition) is 2. The number of amides is 2. The van der Waals surface area contributed by atoms with E-state index in [2.05, 4.69) is 10.6 Å². The summed E-state index contributed by atoms with van der Waals surface area (Å²) in [6.45, 7) is 4.69. The molecule has 0 spiro atoms. The zero-order valence-corrected chi connectivity index (χ0v) is 16.5. The molecule has 1 aliphatic rings. The average molecular weight is 380 g/mol. The van der Waals surface area contributed by atoms with Crippen molar-refractivity contribution in [3.05, 3.63) is 60.2 Å². The Morgan fingerprint density at radius 2 is 1.86 bits per heavy atom. The lowest BCUT2D eigenvalue weighted by Gasteiger charge is -2.21. The number of likely N-dealkylation sites (N-methyl/N-ethyl adjacent to an activating group) is 1. The fourth-order valence-corrected chi connectivity index (χ4v) is 3.61. The quantitative estimate of drug-likeness (QED) is 0.737. The highest BCUT2D eigenvalue weighted by Crippen LogP contribution is 2.18. The lowest BCUT2D eigenvalue weighted by atomic mass is 10.0. The molecule has 28 heavy (non-hydrogen) atoms. The van der Waals surface area contributed by atoms with E-state index in [1.807, 2.05) is 61.5 Å². The molecule has 3 rings (SSSR count). The number of hydrogen-bond acceptors (Lipinski definition) is 3. The molecule has 0 aromatic heterocycles. The smallest absolute Gasteiger partial charge is 0.231 e. The Morgan fingerprint density at radius 1 is 1.11 bits per heavy atom. The van der Waals surface area contributed by atoms with Crippen LogP contribution in [0.5, 0.6) is 0 Å². The summed E-state index contributed by atoms with van der Waals surface area (Å²) in [5, 5.41) is 6.28. The third-order valence-electron chi connectivity index (χ3n) is 5.22. The topological polar surface area (TPSA) is 61.4 Å². The Bertz CT molecular complexity index is 768. The summed E-state index contributed by atoms with van der Waals surface area (Å²) in [4.78, 5) is 26.6. The SMILES string of the molecule is CCN(C(=O)Cc1ccc(NC(=O)CCC2CCNC2)cc1)c1ccccc1. The van der Waals surface area contributed by atoms with Crippen LogP contribution in [-0.2, 0) is 16.0 Å². The maximum Gasteiger partial charge on any atom is 0.231 e. The first-order valence-electron chi connectivity index (χ1n) is 10.1. The normalized spacial score (nSPS) is 16.0. The average Bonchev–Trinajstić information content (AvgIpc) is 3.23. The van der Waals surface area contributed by atoms with Crippen LogP contribution in [0.4, 0.5) is 11.4 Å². The van der Waals surface area contributed by atoms with Gasteiger partial charge in [-0.2, -0.15) is 0 Å². The van der Waals surface area contributed by atoms with Gasteiger partial charge in [0, 0.05) is 24.3 Å². The summed E-state index contributed by atoms with van der Waals surface area (Å²) in [5.74, 6) is 0.734. The van der Waals surface area contributed by atoms with Gasteiger partial charge in [0.2, 0.25) is 11.8 Å². The van der Waals surface area contributed by atoms with Crippen molar-refractivity contribution in [1.82, 2.24) is 5.32 Å². The Labute approximate surface area is 167 Å². The third-order valence-corrected chi connectivity index (χ3v) is 5.22. The molecule has 1 saturated heterocycles. The van der Waals surface area contributed by atoms with E-state index >= 15 is 0 Å². The van der Waals surface area contributed by atoms with Gasteiger partial charge in [-0.3, -0.25) is 9.59 Å². The largest absolute Gasteiger partial charge is 0.326 e. The first-order chi connectivity index (χ1) is 13.7. The molecule has 1 atom stereocenters. The summed E-state index contributed by atoms with van der Waals surface area (Å²) < 4.78 is 0. The van der Waals surface area contributed by atoms with Crippen LogP contribution in [0.1, 0.15) is 31.7 Å². The third kappa shape index (κ3) is 5.67. The van der Waals surface area contributed by atoms with E-state index in [0.29, 0.717) is 25.3 Å². The van der Waals surface area contributed by atoms with Crippen LogP contribution in [0, 0.1) is 5.92 Å². The lowest BCUT2D eigenvalue weighted by molar-refractivity contribution is -0.118. The van der Waals surface area contributed by atoms with Crippen LogP contribution in [0.25, 0.3) is 0 Å². The van der Waals surface area contributed by atoms with Crippen molar-refractivity contribution in [3.63, 3.8) is 0 Å². The molecular weight excluding hydrogens is 350 g/mol. The predicted molar refractivity (Wildman–Crippen MR) is 113 cm³/mol. The van der Waals surface area contributed by atoms with Crippen LogP contribution in [0.3, 0.4) is 0 Å². The van der Waals surface area contributed by atoms with Gasteiger partial charge in [0.25, 0.3) is 0 Å². The summed E-state index contributed by atoms with van der Waals surface area (Å²) in [7, 11) is 0. The van der Waals surface area contributed by atoms with Crippen molar-refractivity contribution in [2.24, 2.45) is 5.92 Å². The minimum atomic E-state index is 0.0527. The van der Waals surface area contributed by atoms with Crippen molar-refractivity contribution in [1.29, 1.82) is 0 Å². The van der Waals surface area contributed by atoms with Crippen molar-refractivity contribution in [3.8, 4) is 0 Å². The lowest BCUT2D eigenvalue weighted by Crippen LogP contribution is -2.31. The zero-order chi connectivity index (χ0) is 19.8. The highest BCUT2D eigenvalue weighted by atomic mass is 16.2. The number of anilines is 2. The van der Waals surface area contributed by atoms with E-state index in [9.17, 15) is 9.59 Å². The van der Waals surface area contributed by atoms with Crippen molar-refractivity contribution in [2.45, 2.75) is 32.6 Å². The molecule has 2 amide bonds. The fraction of sp³-hybridized carbons (Fsp3) is 0.391. The fourth-order valence-electron chi connectivity index (χ4n) is 3.61. The molecule has 5 heteroatoms. The number of benzene rings is 2. The van der Waals surface area contributed by atoms with Gasteiger partial charge in [-0.15, -0.1) is 0 Å². The second-order valence-electron chi connectivity index (χ2n) is 7.29. The Hall–Kier alpha value is -2.66. The van der Waals surface area contributed by atoms with E-state index in [0.717, 1.165) is 42.9 Å². The van der Waals surface area contributed by atoms with Crippen molar-refractivity contribution >= 4 is 23.2 Å². The van der Waals surface area contributed by atoms with E-state index in [-0.39, 0.29) is 11.8 Å². The van der Waals surface area contributed by atoms with Gasteiger partial charge in [0.15, 0.2) is 0 Å². The molecule has 0 saturated carbocycles. The molecule has 148 valence electrons. The van der Waals surface area contributed by atoms with Crippen LogP contribution in [0.15, 0.2) is 54.6 Å². The molecule has 0 bridgehead atoms. The zero-order valence-electron chi connectivity index (χ0n) is 16.5. The molecule has 0 aliphatic carbocycles. The number of para-hydroxylation sites is 1. The molecular formula is C23H29N3O2. The van der Waals surface area contributed by atoms with Crippen LogP contribution in [-0.4, -0.2) is 31.4 Å². The minimum absolute atomic E-state index is 0.0527. The van der Waals surface area contributed by atoms with E-state index < -0.39 is 0 Å². The first kappa shape index (κ1) is 20.1.